The maximum Gasteiger partial charge on any atom is 0.252 e. The van der Waals surface area contributed by atoms with Gasteiger partial charge < -0.3 is 4.90 Å². The summed E-state index contributed by atoms with van der Waals surface area (Å²) in [5.74, 6) is -2.43. The third-order valence-electron chi connectivity index (χ3n) is 3.01. The van der Waals surface area contributed by atoms with Gasteiger partial charge >= 0.3 is 0 Å². The molecule has 1 saturated carbocycles. The highest BCUT2D eigenvalue weighted by Gasteiger charge is 2.52. The van der Waals surface area contributed by atoms with E-state index in [1.807, 2.05) is 11.9 Å². The first kappa shape index (κ1) is 7.47. The zero-order valence-electron chi connectivity index (χ0n) is 6.69. The summed E-state index contributed by atoms with van der Waals surface area (Å²) in [6.45, 7) is 1.47. The molecule has 1 nitrogen and oxygen atoms in total. The average molecular weight is 161 g/mol. The van der Waals surface area contributed by atoms with Gasteiger partial charge in [-0.25, -0.2) is 8.78 Å². The minimum atomic E-state index is -2.37. The van der Waals surface area contributed by atoms with Crippen LogP contribution >= 0.6 is 0 Å². The average Bonchev–Trinajstić information content (AvgIpc) is 2.35. The third-order valence-corrected chi connectivity index (χ3v) is 3.01. The van der Waals surface area contributed by atoms with Crippen molar-refractivity contribution >= 4 is 0 Å². The van der Waals surface area contributed by atoms with Crippen LogP contribution in [0.3, 0.4) is 0 Å². The van der Waals surface area contributed by atoms with E-state index in [1.165, 1.54) is 0 Å². The molecule has 1 heterocycles. The summed E-state index contributed by atoms with van der Waals surface area (Å²) < 4.78 is 26.1. The predicted octanol–water partition coefficient (Wildman–Crippen LogP) is 1.59. The molecule has 11 heavy (non-hydrogen) atoms. The van der Waals surface area contributed by atoms with Crippen molar-refractivity contribution in [3.63, 3.8) is 0 Å². The van der Waals surface area contributed by atoms with Gasteiger partial charge in [0.2, 0.25) is 0 Å². The Bertz CT molecular complexity index is 169. The fraction of sp³-hybridized carbons (Fsp3) is 1.00. The van der Waals surface area contributed by atoms with Crippen LogP contribution in [0.4, 0.5) is 8.78 Å². The molecular formula is C8H13F2N. The Kier molecular flexibility index (Phi) is 1.46. The molecule has 0 spiro atoms. The lowest BCUT2D eigenvalue weighted by molar-refractivity contribution is -0.0390. The molecule has 1 saturated heterocycles. The minimum absolute atomic E-state index is 0.121. The summed E-state index contributed by atoms with van der Waals surface area (Å²) in [5.41, 5.74) is 0. The van der Waals surface area contributed by atoms with E-state index in [1.54, 1.807) is 0 Å². The largest absolute Gasteiger partial charge is 0.306 e. The number of rotatable bonds is 0. The molecule has 2 aliphatic rings. The molecule has 0 unspecified atom stereocenters. The Hall–Kier alpha value is -0.180. The van der Waals surface area contributed by atoms with Gasteiger partial charge in [-0.15, -0.1) is 0 Å². The molecule has 1 aliphatic carbocycles. The normalized spacial score (nSPS) is 42.8. The van der Waals surface area contributed by atoms with E-state index in [9.17, 15) is 8.78 Å². The van der Waals surface area contributed by atoms with Crippen molar-refractivity contribution in [1.82, 2.24) is 4.90 Å². The van der Waals surface area contributed by atoms with Crippen molar-refractivity contribution in [2.45, 2.75) is 18.8 Å². The van der Waals surface area contributed by atoms with Gasteiger partial charge in [0.25, 0.3) is 5.92 Å². The molecule has 2 rings (SSSR count). The predicted molar refractivity (Wildman–Crippen MR) is 38.7 cm³/mol. The molecule has 2 atom stereocenters. The van der Waals surface area contributed by atoms with Crippen LogP contribution in [0, 0.1) is 11.8 Å². The van der Waals surface area contributed by atoms with E-state index in [0.29, 0.717) is 6.54 Å². The van der Waals surface area contributed by atoms with Gasteiger partial charge in [-0.05, 0) is 19.4 Å². The molecular weight excluding hydrogens is 148 g/mol. The van der Waals surface area contributed by atoms with Gasteiger partial charge in [0, 0.05) is 25.4 Å². The van der Waals surface area contributed by atoms with Crippen LogP contribution in [0.1, 0.15) is 12.8 Å². The van der Waals surface area contributed by atoms with E-state index >= 15 is 0 Å². The van der Waals surface area contributed by atoms with Gasteiger partial charge in [0.15, 0.2) is 0 Å². The SMILES string of the molecule is CN1C[C@@H]2CCC(F)(F)[C@H]2C1. The highest BCUT2D eigenvalue weighted by molar-refractivity contribution is 4.97. The third kappa shape index (κ3) is 1.06. The van der Waals surface area contributed by atoms with Crippen LogP contribution in [0.5, 0.6) is 0 Å². The van der Waals surface area contributed by atoms with Crippen molar-refractivity contribution in [2.24, 2.45) is 11.8 Å². The summed E-state index contributed by atoms with van der Waals surface area (Å²) in [4.78, 5) is 2.02. The topological polar surface area (TPSA) is 3.24 Å². The van der Waals surface area contributed by atoms with E-state index in [4.69, 9.17) is 0 Å². The van der Waals surface area contributed by atoms with Crippen LogP contribution in [0.15, 0.2) is 0 Å². The monoisotopic (exact) mass is 161 g/mol. The maximum atomic E-state index is 13.0. The summed E-state index contributed by atoms with van der Waals surface area (Å²) in [6, 6.07) is 0. The lowest BCUT2D eigenvalue weighted by Crippen LogP contribution is -2.27. The lowest BCUT2D eigenvalue weighted by atomic mass is 9.99. The van der Waals surface area contributed by atoms with Crippen LogP contribution in [0.2, 0.25) is 0 Å². The van der Waals surface area contributed by atoms with Gasteiger partial charge in [-0.1, -0.05) is 0 Å². The second-order valence-corrected chi connectivity index (χ2v) is 3.89. The van der Waals surface area contributed by atoms with E-state index in [0.717, 1.165) is 13.0 Å². The molecule has 0 aromatic rings. The number of fused-ring (bicyclic) bond motifs is 1. The zero-order valence-corrected chi connectivity index (χ0v) is 6.69. The molecule has 2 fully saturated rings. The number of alkyl halides is 2. The first-order valence-electron chi connectivity index (χ1n) is 4.16. The lowest BCUT2D eigenvalue weighted by Gasteiger charge is -2.17. The summed E-state index contributed by atoms with van der Waals surface area (Å²) >= 11 is 0. The first-order valence-corrected chi connectivity index (χ1v) is 4.16. The number of hydrogen-bond donors (Lipinski definition) is 0. The second kappa shape index (κ2) is 2.16. The molecule has 64 valence electrons. The standard InChI is InChI=1S/C8H13F2N/c1-11-4-6-2-3-8(9,10)7(6)5-11/h6-7H,2-5H2,1H3/t6-,7-/m0/s1. The van der Waals surface area contributed by atoms with Gasteiger partial charge in [-0.2, -0.15) is 0 Å². The minimum Gasteiger partial charge on any atom is -0.306 e. The highest BCUT2D eigenvalue weighted by Crippen LogP contribution is 2.47. The summed E-state index contributed by atoms with van der Waals surface area (Å²) in [6.07, 6.45) is 0.845. The van der Waals surface area contributed by atoms with Crippen LogP contribution in [-0.4, -0.2) is 31.0 Å². The molecule has 0 amide bonds. The van der Waals surface area contributed by atoms with Gasteiger partial charge in [-0.3, -0.25) is 0 Å². The zero-order chi connectivity index (χ0) is 8.06. The first-order chi connectivity index (χ1) is 5.09. The van der Waals surface area contributed by atoms with E-state index < -0.39 is 5.92 Å². The Morgan fingerprint density at radius 3 is 2.73 bits per heavy atom. The smallest absolute Gasteiger partial charge is 0.252 e. The van der Waals surface area contributed by atoms with Gasteiger partial charge in [0.1, 0.15) is 0 Å². The Balaban J connectivity index is 2.13. The number of nitrogens with zero attached hydrogens (tertiary/aromatic N) is 1. The van der Waals surface area contributed by atoms with Crippen molar-refractivity contribution in [3.8, 4) is 0 Å². The maximum absolute atomic E-state index is 13.0. The second-order valence-electron chi connectivity index (χ2n) is 3.89. The molecule has 3 heteroatoms. The Morgan fingerprint density at radius 1 is 1.36 bits per heavy atom. The summed E-state index contributed by atoms with van der Waals surface area (Å²) in [7, 11) is 1.92. The molecule has 0 aromatic heterocycles. The van der Waals surface area contributed by atoms with Crippen molar-refractivity contribution in [3.05, 3.63) is 0 Å². The van der Waals surface area contributed by atoms with Crippen molar-refractivity contribution in [2.75, 3.05) is 20.1 Å². The molecule has 0 aromatic carbocycles. The Morgan fingerprint density at radius 2 is 2.09 bits per heavy atom. The molecule has 0 N–H and O–H groups in total. The summed E-state index contributed by atoms with van der Waals surface area (Å²) in [5, 5.41) is 0. The quantitative estimate of drug-likeness (QED) is 0.521. The number of hydrogen-bond acceptors (Lipinski definition) is 1. The van der Waals surface area contributed by atoms with Crippen LogP contribution in [0.25, 0.3) is 0 Å². The fourth-order valence-corrected chi connectivity index (χ4v) is 2.42. The van der Waals surface area contributed by atoms with Gasteiger partial charge in [0.05, 0.1) is 0 Å². The fourth-order valence-electron chi connectivity index (χ4n) is 2.42. The molecule has 0 radical (unpaired) electrons. The molecule has 1 aliphatic heterocycles. The van der Waals surface area contributed by atoms with Crippen molar-refractivity contribution in [1.29, 1.82) is 0 Å². The number of halogens is 2. The van der Waals surface area contributed by atoms with Crippen molar-refractivity contribution < 1.29 is 8.78 Å². The number of likely N-dealkylation sites (tertiary alicyclic amines) is 1. The highest BCUT2D eigenvalue weighted by atomic mass is 19.3. The van der Waals surface area contributed by atoms with E-state index in [2.05, 4.69) is 0 Å². The van der Waals surface area contributed by atoms with Crippen LogP contribution < -0.4 is 0 Å². The van der Waals surface area contributed by atoms with Crippen LogP contribution in [-0.2, 0) is 0 Å². The Labute approximate surface area is 65.4 Å². The van der Waals surface area contributed by atoms with E-state index in [-0.39, 0.29) is 18.3 Å². The molecule has 0 bridgehead atoms.